The van der Waals surface area contributed by atoms with Crippen molar-refractivity contribution in [2.45, 2.75) is 33.3 Å². The van der Waals surface area contributed by atoms with Gasteiger partial charge in [0.15, 0.2) is 0 Å². The van der Waals surface area contributed by atoms with Gasteiger partial charge in [-0.15, -0.1) is 0 Å². The molecule has 1 aromatic heterocycles. The molecule has 0 bridgehead atoms. The van der Waals surface area contributed by atoms with Crippen molar-refractivity contribution in [1.82, 2.24) is 10.3 Å². The number of pyridine rings is 1. The van der Waals surface area contributed by atoms with Crippen LogP contribution in [0.25, 0.3) is 0 Å². The second-order valence-corrected chi connectivity index (χ2v) is 5.08. The molecule has 0 aliphatic rings. The number of hydrogen-bond donors (Lipinski definition) is 2. The number of alkyl carbamates (subject to hydrolysis) is 1. The fraction of sp³-hybridized carbons (Fsp3) is 0.429. The maximum absolute atomic E-state index is 11.3. The van der Waals surface area contributed by atoms with Crippen LogP contribution in [-0.4, -0.2) is 23.2 Å². The van der Waals surface area contributed by atoms with Crippen LogP contribution in [0.1, 0.15) is 32.0 Å². The van der Waals surface area contributed by atoms with Gasteiger partial charge in [0.1, 0.15) is 11.3 Å². The van der Waals surface area contributed by atoms with Crippen LogP contribution >= 0.6 is 0 Å². The van der Waals surface area contributed by atoms with Crippen molar-refractivity contribution in [1.29, 1.82) is 0 Å². The van der Waals surface area contributed by atoms with Crippen molar-refractivity contribution in [2.75, 3.05) is 12.3 Å². The Morgan fingerprint density at radius 3 is 2.79 bits per heavy atom. The van der Waals surface area contributed by atoms with Gasteiger partial charge in [0.05, 0.1) is 18.4 Å². The van der Waals surface area contributed by atoms with Gasteiger partial charge in [-0.05, 0) is 45.2 Å². The summed E-state index contributed by atoms with van der Waals surface area (Å²) in [5.74, 6) is 5.64. The Morgan fingerprint density at radius 1 is 1.53 bits per heavy atom. The number of anilines is 1. The zero-order valence-corrected chi connectivity index (χ0v) is 11.7. The fourth-order valence-corrected chi connectivity index (χ4v) is 1.20. The maximum atomic E-state index is 11.3. The van der Waals surface area contributed by atoms with Gasteiger partial charge in [0, 0.05) is 0 Å². The van der Waals surface area contributed by atoms with Crippen molar-refractivity contribution in [3.8, 4) is 11.8 Å². The number of hydrogen-bond acceptors (Lipinski definition) is 4. The fourth-order valence-electron chi connectivity index (χ4n) is 1.20. The summed E-state index contributed by atoms with van der Waals surface area (Å²) in [7, 11) is 0. The standard InChI is InChI=1S/C14H19N3O2/c1-10-8-11(17-9-12(10)15)6-5-7-16-13(18)19-14(2,3)4/h8-9H,7,15H2,1-4H3,(H,16,18). The van der Waals surface area contributed by atoms with Gasteiger partial charge in [0.25, 0.3) is 0 Å². The van der Waals surface area contributed by atoms with E-state index in [-0.39, 0.29) is 6.54 Å². The van der Waals surface area contributed by atoms with Crippen molar-refractivity contribution in [3.63, 3.8) is 0 Å². The van der Waals surface area contributed by atoms with Crippen LogP contribution in [0.3, 0.4) is 0 Å². The number of carbonyl (C=O) groups excluding carboxylic acids is 1. The first-order chi connectivity index (χ1) is 8.78. The van der Waals surface area contributed by atoms with E-state index in [1.807, 2.05) is 6.92 Å². The number of amides is 1. The van der Waals surface area contributed by atoms with E-state index in [4.69, 9.17) is 10.5 Å². The predicted molar refractivity (Wildman–Crippen MR) is 74.5 cm³/mol. The minimum atomic E-state index is -0.507. The molecule has 0 spiro atoms. The van der Waals surface area contributed by atoms with Crippen molar-refractivity contribution < 1.29 is 9.53 Å². The smallest absolute Gasteiger partial charge is 0.408 e. The Balaban J connectivity index is 2.47. The van der Waals surface area contributed by atoms with Crippen molar-refractivity contribution >= 4 is 11.8 Å². The summed E-state index contributed by atoms with van der Waals surface area (Å²) >= 11 is 0. The molecule has 102 valence electrons. The Hall–Kier alpha value is -2.22. The van der Waals surface area contributed by atoms with Crippen LogP contribution in [0.4, 0.5) is 10.5 Å². The first kappa shape index (κ1) is 14.8. The van der Waals surface area contributed by atoms with Crippen LogP contribution in [0, 0.1) is 18.8 Å². The molecule has 0 aliphatic carbocycles. The van der Waals surface area contributed by atoms with E-state index in [2.05, 4.69) is 22.1 Å². The second-order valence-electron chi connectivity index (χ2n) is 5.08. The lowest BCUT2D eigenvalue weighted by Crippen LogP contribution is -2.32. The molecule has 0 aliphatic heterocycles. The maximum Gasteiger partial charge on any atom is 0.408 e. The number of rotatable bonds is 1. The van der Waals surface area contributed by atoms with Gasteiger partial charge in [0.2, 0.25) is 0 Å². The van der Waals surface area contributed by atoms with Gasteiger partial charge in [-0.3, -0.25) is 0 Å². The second kappa shape index (κ2) is 6.10. The summed E-state index contributed by atoms with van der Waals surface area (Å²) in [6, 6.07) is 1.80. The summed E-state index contributed by atoms with van der Waals surface area (Å²) in [5, 5.41) is 2.55. The Bertz CT molecular complexity index is 522. The predicted octanol–water partition coefficient (Wildman–Crippen LogP) is 1.85. The molecular weight excluding hydrogens is 242 g/mol. The number of aryl methyl sites for hydroxylation is 1. The third-order valence-electron chi connectivity index (χ3n) is 2.09. The molecule has 0 saturated heterocycles. The van der Waals surface area contributed by atoms with Crippen LogP contribution in [0.15, 0.2) is 12.3 Å². The van der Waals surface area contributed by atoms with E-state index < -0.39 is 11.7 Å². The minimum absolute atomic E-state index is 0.208. The molecule has 1 aromatic rings. The largest absolute Gasteiger partial charge is 0.444 e. The summed E-state index contributed by atoms with van der Waals surface area (Å²) in [5.41, 5.74) is 7.34. The lowest BCUT2D eigenvalue weighted by molar-refractivity contribution is 0.0535. The monoisotopic (exact) mass is 261 g/mol. The van der Waals surface area contributed by atoms with E-state index >= 15 is 0 Å². The third-order valence-corrected chi connectivity index (χ3v) is 2.09. The molecule has 5 heteroatoms. The molecule has 3 N–H and O–H groups in total. The highest BCUT2D eigenvalue weighted by Gasteiger charge is 2.14. The van der Waals surface area contributed by atoms with E-state index in [1.54, 1.807) is 33.0 Å². The number of ether oxygens (including phenoxy) is 1. The van der Waals surface area contributed by atoms with E-state index in [0.717, 1.165) is 5.56 Å². The molecule has 0 atom stereocenters. The zero-order valence-electron chi connectivity index (χ0n) is 11.7. The van der Waals surface area contributed by atoms with Crippen molar-refractivity contribution in [3.05, 3.63) is 23.5 Å². The molecule has 0 fully saturated rings. The lowest BCUT2D eigenvalue weighted by Gasteiger charge is -2.18. The molecule has 0 aromatic carbocycles. The van der Waals surface area contributed by atoms with Gasteiger partial charge in [-0.25, -0.2) is 9.78 Å². The van der Waals surface area contributed by atoms with Crippen LogP contribution < -0.4 is 11.1 Å². The SMILES string of the molecule is Cc1cc(C#CCNC(=O)OC(C)(C)C)ncc1N. The average Bonchev–Trinajstić information content (AvgIpc) is 2.27. The summed E-state index contributed by atoms with van der Waals surface area (Å²) < 4.78 is 5.07. The van der Waals surface area contributed by atoms with Crippen molar-refractivity contribution in [2.24, 2.45) is 0 Å². The number of nitrogen functional groups attached to an aromatic ring is 1. The summed E-state index contributed by atoms with van der Waals surface area (Å²) in [4.78, 5) is 15.4. The van der Waals surface area contributed by atoms with E-state index in [9.17, 15) is 4.79 Å². The van der Waals surface area contributed by atoms with Gasteiger partial charge < -0.3 is 15.8 Å². The highest BCUT2D eigenvalue weighted by molar-refractivity contribution is 5.68. The molecule has 19 heavy (non-hydrogen) atoms. The molecule has 1 rings (SSSR count). The Labute approximate surface area is 113 Å². The highest BCUT2D eigenvalue weighted by atomic mass is 16.6. The average molecular weight is 261 g/mol. The van der Waals surface area contributed by atoms with Gasteiger partial charge in [-0.1, -0.05) is 5.92 Å². The Kier molecular flexibility index (Phi) is 4.76. The summed E-state index contributed by atoms with van der Waals surface area (Å²) in [6.45, 7) is 7.51. The minimum Gasteiger partial charge on any atom is -0.444 e. The number of nitrogens with two attached hydrogens (primary N) is 1. The number of nitrogens with one attached hydrogen (secondary N) is 1. The first-order valence-electron chi connectivity index (χ1n) is 5.96. The Morgan fingerprint density at radius 2 is 2.21 bits per heavy atom. The zero-order chi connectivity index (χ0) is 14.5. The molecular formula is C14H19N3O2. The molecule has 1 amide bonds. The van der Waals surface area contributed by atoms with Gasteiger partial charge >= 0.3 is 6.09 Å². The topological polar surface area (TPSA) is 77.2 Å². The molecule has 0 saturated carbocycles. The number of nitrogens with zero attached hydrogens (tertiary/aromatic N) is 1. The normalized spacial score (nSPS) is 10.3. The van der Waals surface area contributed by atoms with E-state index in [0.29, 0.717) is 11.4 Å². The van der Waals surface area contributed by atoms with Crippen LogP contribution in [0.2, 0.25) is 0 Å². The molecule has 1 heterocycles. The molecule has 0 radical (unpaired) electrons. The first-order valence-corrected chi connectivity index (χ1v) is 5.96. The lowest BCUT2D eigenvalue weighted by atomic mass is 10.2. The quantitative estimate of drug-likeness (QED) is 0.756. The highest BCUT2D eigenvalue weighted by Crippen LogP contribution is 2.08. The van der Waals surface area contributed by atoms with Crippen LogP contribution in [0.5, 0.6) is 0 Å². The van der Waals surface area contributed by atoms with E-state index in [1.165, 1.54) is 0 Å². The summed E-state index contributed by atoms with van der Waals surface area (Å²) in [6.07, 6.45) is 1.09. The molecule has 0 unspecified atom stereocenters. The number of carbonyl (C=O) groups is 1. The number of aromatic nitrogens is 1. The third kappa shape index (κ3) is 5.77. The van der Waals surface area contributed by atoms with Gasteiger partial charge in [-0.2, -0.15) is 0 Å². The van der Waals surface area contributed by atoms with Crippen LogP contribution in [-0.2, 0) is 4.74 Å². The molecule has 5 nitrogen and oxygen atoms in total.